The van der Waals surface area contributed by atoms with Crippen LogP contribution in [0.2, 0.25) is 0 Å². The van der Waals surface area contributed by atoms with Crippen LogP contribution in [-0.4, -0.2) is 29.5 Å². The van der Waals surface area contributed by atoms with Crippen LogP contribution in [0, 0.1) is 10.1 Å². The Morgan fingerprint density at radius 3 is 2.75 bits per heavy atom. The maximum atomic E-state index is 10.9. The molecule has 1 aliphatic carbocycles. The Labute approximate surface area is 120 Å². The van der Waals surface area contributed by atoms with Crippen LogP contribution in [-0.2, 0) is 6.54 Å². The molecule has 0 aromatic heterocycles. The van der Waals surface area contributed by atoms with Gasteiger partial charge >= 0.3 is 0 Å². The van der Waals surface area contributed by atoms with Gasteiger partial charge in [0.1, 0.15) is 0 Å². The van der Waals surface area contributed by atoms with Crippen LogP contribution < -0.4 is 5.32 Å². The Morgan fingerprint density at radius 1 is 1.45 bits per heavy atom. The summed E-state index contributed by atoms with van der Waals surface area (Å²) in [6.07, 6.45) is 4.87. The molecule has 5 nitrogen and oxygen atoms in total. The number of non-ortho nitro benzene ring substituents is 1. The van der Waals surface area contributed by atoms with Crippen LogP contribution >= 0.6 is 0 Å². The van der Waals surface area contributed by atoms with E-state index in [0.717, 1.165) is 24.3 Å². The van der Waals surface area contributed by atoms with Crippen LogP contribution in [0.4, 0.5) is 11.4 Å². The third kappa shape index (κ3) is 3.70. The maximum Gasteiger partial charge on any atom is 0.269 e. The van der Waals surface area contributed by atoms with Gasteiger partial charge in [0.25, 0.3) is 5.69 Å². The summed E-state index contributed by atoms with van der Waals surface area (Å²) in [7, 11) is 1.86. The summed E-state index contributed by atoms with van der Waals surface area (Å²) in [5, 5.41) is 14.1. The third-order valence-electron chi connectivity index (χ3n) is 3.80. The Bertz CT molecular complexity index is 472. The smallest absolute Gasteiger partial charge is 0.269 e. The van der Waals surface area contributed by atoms with E-state index in [1.807, 2.05) is 7.05 Å². The second-order valence-corrected chi connectivity index (χ2v) is 5.40. The van der Waals surface area contributed by atoms with Crippen molar-refractivity contribution in [2.75, 3.05) is 18.9 Å². The summed E-state index contributed by atoms with van der Waals surface area (Å²) in [6.45, 7) is 4.06. The van der Waals surface area contributed by atoms with Gasteiger partial charge in [-0.05, 0) is 37.4 Å². The predicted molar refractivity (Wildman–Crippen MR) is 81.0 cm³/mol. The molecule has 0 bridgehead atoms. The van der Waals surface area contributed by atoms with Crippen LogP contribution in [0.25, 0.3) is 0 Å². The quantitative estimate of drug-likeness (QED) is 0.584. The fourth-order valence-corrected chi connectivity index (χ4v) is 2.48. The summed E-state index contributed by atoms with van der Waals surface area (Å²) in [5.74, 6) is 0. The molecule has 1 fully saturated rings. The third-order valence-corrected chi connectivity index (χ3v) is 3.80. The Morgan fingerprint density at radius 2 is 2.20 bits per heavy atom. The molecular formula is C15H23N3O2. The van der Waals surface area contributed by atoms with Gasteiger partial charge in [0.05, 0.1) is 4.92 Å². The zero-order valence-electron chi connectivity index (χ0n) is 12.3. The lowest BCUT2D eigenvalue weighted by Crippen LogP contribution is -2.27. The van der Waals surface area contributed by atoms with Crippen molar-refractivity contribution >= 4 is 11.4 Å². The average molecular weight is 277 g/mol. The van der Waals surface area contributed by atoms with Crippen molar-refractivity contribution in [1.82, 2.24) is 4.90 Å². The number of hydrogen-bond donors (Lipinski definition) is 1. The number of unbranched alkanes of at least 4 members (excludes halogenated alkanes) is 1. The van der Waals surface area contributed by atoms with Gasteiger partial charge in [-0.2, -0.15) is 0 Å². The van der Waals surface area contributed by atoms with Crippen molar-refractivity contribution in [3.05, 3.63) is 33.9 Å². The lowest BCUT2D eigenvalue weighted by molar-refractivity contribution is -0.384. The number of anilines is 1. The SMILES string of the molecule is CCCCN(Cc1cc([N+](=O)[O-])ccc1NC)C1CC1. The first kappa shape index (κ1) is 14.8. The van der Waals surface area contributed by atoms with E-state index < -0.39 is 0 Å². The molecule has 0 unspecified atom stereocenters. The van der Waals surface area contributed by atoms with Crippen molar-refractivity contribution in [2.24, 2.45) is 0 Å². The highest BCUT2D eigenvalue weighted by atomic mass is 16.6. The van der Waals surface area contributed by atoms with Gasteiger partial charge in [-0.25, -0.2) is 0 Å². The summed E-state index contributed by atoms with van der Waals surface area (Å²) < 4.78 is 0. The molecule has 1 aliphatic rings. The molecule has 0 amide bonds. The fraction of sp³-hybridized carbons (Fsp3) is 0.600. The number of benzene rings is 1. The Hall–Kier alpha value is -1.62. The number of nitro groups is 1. The molecular weight excluding hydrogens is 254 g/mol. The molecule has 110 valence electrons. The van der Waals surface area contributed by atoms with E-state index in [0.29, 0.717) is 6.04 Å². The minimum atomic E-state index is -0.323. The first-order valence-corrected chi connectivity index (χ1v) is 7.34. The van der Waals surface area contributed by atoms with E-state index in [1.165, 1.54) is 25.7 Å². The first-order valence-electron chi connectivity index (χ1n) is 7.34. The predicted octanol–water partition coefficient (Wildman–Crippen LogP) is 3.40. The van der Waals surface area contributed by atoms with Crippen molar-refractivity contribution < 1.29 is 4.92 Å². The first-order chi connectivity index (χ1) is 9.65. The van der Waals surface area contributed by atoms with Gasteiger partial charge in [0.2, 0.25) is 0 Å². The molecule has 0 spiro atoms. The van der Waals surface area contributed by atoms with E-state index >= 15 is 0 Å². The van der Waals surface area contributed by atoms with Crippen molar-refractivity contribution in [1.29, 1.82) is 0 Å². The minimum Gasteiger partial charge on any atom is -0.388 e. The molecule has 5 heteroatoms. The van der Waals surface area contributed by atoms with Crippen molar-refractivity contribution in [3.8, 4) is 0 Å². The number of rotatable bonds is 8. The zero-order chi connectivity index (χ0) is 14.5. The van der Waals surface area contributed by atoms with E-state index in [1.54, 1.807) is 18.2 Å². The van der Waals surface area contributed by atoms with E-state index in [9.17, 15) is 10.1 Å². The highest BCUT2D eigenvalue weighted by Gasteiger charge is 2.29. The minimum absolute atomic E-state index is 0.172. The topological polar surface area (TPSA) is 58.4 Å². The molecule has 1 saturated carbocycles. The van der Waals surface area contributed by atoms with Crippen LogP contribution in [0.5, 0.6) is 0 Å². The Balaban J connectivity index is 2.16. The van der Waals surface area contributed by atoms with Crippen LogP contribution in [0.1, 0.15) is 38.2 Å². The fourth-order valence-electron chi connectivity index (χ4n) is 2.48. The maximum absolute atomic E-state index is 10.9. The molecule has 1 aromatic carbocycles. The van der Waals surface area contributed by atoms with Gasteiger partial charge in [-0.1, -0.05) is 13.3 Å². The highest BCUT2D eigenvalue weighted by Crippen LogP contribution is 2.31. The molecule has 0 saturated heterocycles. The van der Waals surface area contributed by atoms with Gasteiger partial charge in [0, 0.05) is 37.5 Å². The number of nitro benzene ring substituents is 1. The summed E-state index contributed by atoms with van der Waals surface area (Å²) >= 11 is 0. The highest BCUT2D eigenvalue weighted by molar-refractivity contribution is 5.55. The normalized spacial score (nSPS) is 14.6. The van der Waals surface area contributed by atoms with Crippen LogP contribution in [0.15, 0.2) is 18.2 Å². The van der Waals surface area contributed by atoms with Gasteiger partial charge in [-0.3, -0.25) is 15.0 Å². The number of nitrogens with zero attached hydrogens (tertiary/aromatic N) is 2. The second kappa shape index (κ2) is 6.70. The number of nitrogens with one attached hydrogen (secondary N) is 1. The van der Waals surface area contributed by atoms with Gasteiger partial charge < -0.3 is 5.32 Å². The molecule has 20 heavy (non-hydrogen) atoms. The standard InChI is InChI=1S/C15H23N3O2/c1-3-4-9-17(13-5-6-13)11-12-10-14(18(19)20)7-8-15(12)16-2/h7-8,10,13,16H,3-6,9,11H2,1-2H3. The summed E-state index contributed by atoms with van der Waals surface area (Å²) in [5.41, 5.74) is 2.17. The lowest BCUT2D eigenvalue weighted by atomic mass is 10.1. The van der Waals surface area contributed by atoms with E-state index in [4.69, 9.17) is 0 Å². The molecule has 0 atom stereocenters. The summed E-state index contributed by atoms with van der Waals surface area (Å²) in [4.78, 5) is 13.1. The van der Waals surface area contributed by atoms with Crippen molar-refractivity contribution in [2.45, 2.75) is 45.2 Å². The second-order valence-electron chi connectivity index (χ2n) is 5.40. The Kier molecular flexibility index (Phi) is 4.95. The van der Waals surface area contributed by atoms with Crippen LogP contribution in [0.3, 0.4) is 0 Å². The summed E-state index contributed by atoms with van der Waals surface area (Å²) in [6, 6.07) is 5.74. The zero-order valence-corrected chi connectivity index (χ0v) is 12.3. The largest absolute Gasteiger partial charge is 0.388 e. The van der Waals surface area contributed by atoms with E-state index in [-0.39, 0.29) is 10.6 Å². The van der Waals surface area contributed by atoms with Gasteiger partial charge in [-0.15, -0.1) is 0 Å². The molecule has 1 N–H and O–H groups in total. The van der Waals surface area contributed by atoms with E-state index in [2.05, 4.69) is 17.1 Å². The average Bonchev–Trinajstić information content (AvgIpc) is 3.27. The lowest BCUT2D eigenvalue weighted by Gasteiger charge is -2.23. The molecule has 0 radical (unpaired) electrons. The monoisotopic (exact) mass is 277 g/mol. The molecule has 2 rings (SSSR count). The molecule has 1 aromatic rings. The van der Waals surface area contributed by atoms with Crippen molar-refractivity contribution in [3.63, 3.8) is 0 Å². The molecule has 0 heterocycles. The van der Waals surface area contributed by atoms with Gasteiger partial charge in [0.15, 0.2) is 0 Å². The molecule has 0 aliphatic heterocycles. The number of hydrogen-bond acceptors (Lipinski definition) is 4.